The Bertz CT molecular complexity index is 350. The van der Waals surface area contributed by atoms with Crippen molar-refractivity contribution in [1.82, 2.24) is 15.3 Å². The third kappa shape index (κ3) is 1.99. The first-order valence-electron chi connectivity index (χ1n) is 4.68. The molecule has 1 N–H and O–H groups in total. The molecular weight excluding hydrogens is 198 g/mol. The van der Waals surface area contributed by atoms with Crippen LogP contribution in [0.2, 0.25) is 0 Å². The second-order valence-electron chi connectivity index (χ2n) is 3.39. The zero-order valence-electron chi connectivity index (χ0n) is 8.06. The van der Waals surface area contributed by atoms with Crippen molar-refractivity contribution in [2.75, 3.05) is 13.1 Å². The summed E-state index contributed by atoms with van der Waals surface area (Å²) >= 11 is 0. The van der Waals surface area contributed by atoms with E-state index in [2.05, 4.69) is 15.3 Å². The standard InChI is InChI=1S/C9H13N3OS/c1-7-2-5-11-9(12-7)14(13)8-3-4-10-6-8/h2,5,8,10H,3-4,6H2,1H3. The second-order valence-corrected chi connectivity index (χ2v) is 5.02. The molecule has 5 heteroatoms. The first-order chi connectivity index (χ1) is 6.77. The van der Waals surface area contributed by atoms with Gasteiger partial charge in [-0.2, -0.15) is 0 Å². The van der Waals surface area contributed by atoms with Gasteiger partial charge in [-0.25, -0.2) is 9.97 Å². The lowest BCUT2D eigenvalue weighted by Crippen LogP contribution is -2.20. The smallest absolute Gasteiger partial charge is 0.218 e. The summed E-state index contributed by atoms with van der Waals surface area (Å²) in [5.74, 6) is 0. The zero-order chi connectivity index (χ0) is 9.97. The van der Waals surface area contributed by atoms with Crippen LogP contribution in [-0.2, 0) is 10.8 Å². The van der Waals surface area contributed by atoms with Crippen LogP contribution in [0.3, 0.4) is 0 Å². The molecule has 4 nitrogen and oxygen atoms in total. The van der Waals surface area contributed by atoms with Gasteiger partial charge in [0.1, 0.15) is 0 Å². The Balaban J connectivity index is 2.17. The SMILES string of the molecule is Cc1ccnc(S(=O)C2CCNC2)n1. The molecule has 1 aliphatic rings. The van der Waals surface area contributed by atoms with Gasteiger partial charge in [-0.05, 0) is 26.0 Å². The van der Waals surface area contributed by atoms with Gasteiger partial charge in [0, 0.05) is 18.4 Å². The highest BCUT2D eigenvalue weighted by Gasteiger charge is 2.23. The molecule has 0 bridgehead atoms. The van der Waals surface area contributed by atoms with Gasteiger partial charge >= 0.3 is 0 Å². The van der Waals surface area contributed by atoms with E-state index in [1.807, 2.05) is 13.0 Å². The van der Waals surface area contributed by atoms with E-state index in [0.29, 0.717) is 5.16 Å². The van der Waals surface area contributed by atoms with E-state index in [-0.39, 0.29) is 5.25 Å². The average molecular weight is 211 g/mol. The number of nitrogens with one attached hydrogen (secondary N) is 1. The number of hydrogen-bond acceptors (Lipinski definition) is 4. The highest BCUT2D eigenvalue weighted by atomic mass is 32.2. The van der Waals surface area contributed by atoms with Gasteiger partial charge in [-0.3, -0.25) is 4.21 Å². The summed E-state index contributed by atoms with van der Waals surface area (Å²) in [6, 6.07) is 1.81. The summed E-state index contributed by atoms with van der Waals surface area (Å²) in [4.78, 5) is 8.22. The molecule has 2 unspecified atom stereocenters. The summed E-state index contributed by atoms with van der Waals surface area (Å²) in [6.07, 6.45) is 2.61. The van der Waals surface area contributed by atoms with Crippen molar-refractivity contribution in [2.24, 2.45) is 0 Å². The van der Waals surface area contributed by atoms with Crippen molar-refractivity contribution < 1.29 is 4.21 Å². The van der Waals surface area contributed by atoms with Gasteiger partial charge in [-0.15, -0.1) is 0 Å². The van der Waals surface area contributed by atoms with Crippen LogP contribution in [0.25, 0.3) is 0 Å². The predicted octanol–water partition coefficient (Wildman–Crippen LogP) is 0.255. The molecule has 1 aromatic rings. The molecule has 0 radical (unpaired) electrons. The Morgan fingerprint density at radius 1 is 1.64 bits per heavy atom. The number of aromatic nitrogens is 2. The Hall–Kier alpha value is -0.810. The molecule has 2 rings (SSSR count). The molecule has 0 aromatic carbocycles. The van der Waals surface area contributed by atoms with Gasteiger partial charge in [0.15, 0.2) is 0 Å². The van der Waals surface area contributed by atoms with Crippen LogP contribution < -0.4 is 5.32 Å². The van der Waals surface area contributed by atoms with Crippen molar-refractivity contribution in [3.05, 3.63) is 18.0 Å². The molecule has 0 saturated carbocycles. The lowest BCUT2D eigenvalue weighted by Gasteiger charge is -2.06. The van der Waals surface area contributed by atoms with E-state index < -0.39 is 10.8 Å². The minimum atomic E-state index is -1.05. The minimum absolute atomic E-state index is 0.178. The lowest BCUT2D eigenvalue weighted by atomic mass is 10.4. The molecule has 2 atom stereocenters. The van der Waals surface area contributed by atoms with Gasteiger partial charge in [0.25, 0.3) is 0 Å². The Morgan fingerprint density at radius 3 is 3.14 bits per heavy atom. The summed E-state index contributed by atoms with van der Waals surface area (Å²) in [5, 5.41) is 3.84. The van der Waals surface area contributed by atoms with Crippen LogP contribution in [-0.4, -0.2) is 32.5 Å². The second kappa shape index (κ2) is 4.14. The van der Waals surface area contributed by atoms with Gasteiger partial charge in [-0.1, -0.05) is 0 Å². The largest absolute Gasteiger partial charge is 0.315 e. The van der Waals surface area contributed by atoms with Gasteiger partial charge < -0.3 is 5.32 Å². The fourth-order valence-electron chi connectivity index (χ4n) is 1.48. The van der Waals surface area contributed by atoms with Crippen LogP contribution in [0.4, 0.5) is 0 Å². The Kier molecular flexibility index (Phi) is 2.88. The maximum Gasteiger partial charge on any atom is 0.218 e. The predicted molar refractivity (Wildman–Crippen MR) is 54.5 cm³/mol. The Morgan fingerprint density at radius 2 is 2.50 bits per heavy atom. The molecule has 14 heavy (non-hydrogen) atoms. The first kappa shape index (κ1) is 9.73. The van der Waals surface area contributed by atoms with Gasteiger partial charge in [0.05, 0.1) is 16.0 Å². The number of rotatable bonds is 2. The zero-order valence-corrected chi connectivity index (χ0v) is 8.88. The van der Waals surface area contributed by atoms with Gasteiger partial charge in [0.2, 0.25) is 5.16 Å². The summed E-state index contributed by atoms with van der Waals surface area (Å²) in [5.41, 5.74) is 0.870. The lowest BCUT2D eigenvalue weighted by molar-refractivity contribution is 0.663. The minimum Gasteiger partial charge on any atom is -0.315 e. The molecule has 76 valence electrons. The van der Waals surface area contributed by atoms with Crippen LogP contribution in [0, 0.1) is 6.92 Å². The summed E-state index contributed by atoms with van der Waals surface area (Å²) < 4.78 is 11.9. The fourth-order valence-corrected chi connectivity index (χ4v) is 2.78. The molecule has 0 spiro atoms. The van der Waals surface area contributed by atoms with E-state index in [0.717, 1.165) is 25.2 Å². The Labute approximate surface area is 85.6 Å². The molecular formula is C9H13N3OS. The van der Waals surface area contributed by atoms with E-state index in [4.69, 9.17) is 0 Å². The number of hydrogen-bond donors (Lipinski definition) is 1. The monoisotopic (exact) mass is 211 g/mol. The number of nitrogens with zero attached hydrogens (tertiary/aromatic N) is 2. The van der Waals surface area contributed by atoms with Crippen molar-refractivity contribution in [1.29, 1.82) is 0 Å². The molecule has 1 saturated heterocycles. The third-order valence-corrected chi connectivity index (χ3v) is 3.83. The van der Waals surface area contributed by atoms with Crippen molar-refractivity contribution in [2.45, 2.75) is 23.8 Å². The van der Waals surface area contributed by atoms with Crippen molar-refractivity contribution >= 4 is 10.8 Å². The number of aryl methyl sites for hydroxylation is 1. The van der Waals surface area contributed by atoms with Crippen LogP contribution >= 0.6 is 0 Å². The van der Waals surface area contributed by atoms with E-state index in [1.54, 1.807) is 6.20 Å². The van der Waals surface area contributed by atoms with Crippen molar-refractivity contribution in [3.8, 4) is 0 Å². The molecule has 1 aromatic heterocycles. The maximum atomic E-state index is 11.9. The first-order valence-corrected chi connectivity index (χ1v) is 5.89. The molecule has 0 amide bonds. The highest BCUT2D eigenvalue weighted by Crippen LogP contribution is 2.12. The molecule has 1 aliphatic heterocycles. The summed E-state index contributed by atoms with van der Waals surface area (Å²) in [6.45, 7) is 3.64. The van der Waals surface area contributed by atoms with E-state index in [1.165, 1.54) is 0 Å². The normalized spacial score (nSPS) is 23.6. The third-order valence-electron chi connectivity index (χ3n) is 2.27. The van der Waals surface area contributed by atoms with Crippen LogP contribution in [0.5, 0.6) is 0 Å². The average Bonchev–Trinajstić information content (AvgIpc) is 2.69. The molecule has 2 heterocycles. The quantitative estimate of drug-likeness (QED) is 0.713. The highest BCUT2D eigenvalue weighted by molar-refractivity contribution is 7.85. The van der Waals surface area contributed by atoms with E-state index in [9.17, 15) is 4.21 Å². The van der Waals surface area contributed by atoms with E-state index >= 15 is 0 Å². The fraction of sp³-hybridized carbons (Fsp3) is 0.556. The van der Waals surface area contributed by atoms with Crippen LogP contribution in [0.1, 0.15) is 12.1 Å². The topological polar surface area (TPSA) is 54.9 Å². The molecule has 0 aliphatic carbocycles. The molecule has 1 fully saturated rings. The van der Waals surface area contributed by atoms with Crippen LogP contribution in [0.15, 0.2) is 17.4 Å². The summed E-state index contributed by atoms with van der Waals surface area (Å²) in [7, 11) is -1.05. The van der Waals surface area contributed by atoms with Crippen molar-refractivity contribution in [3.63, 3.8) is 0 Å². The maximum absolute atomic E-state index is 11.9.